The molecule has 2 aromatic rings. The van der Waals surface area contributed by atoms with Crippen molar-refractivity contribution in [1.29, 1.82) is 0 Å². The van der Waals surface area contributed by atoms with E-state index in [9.17, 15) is 0 Å². The minimum Gasteiger partial charge on any atom is -0.340 e. The highest BCUT2D eigenvalue weighted by molar-refractivity contribution is 5.45. The van der Waals surface area contributed by atoms with E-state index in [4.69, 9.17) is 0 Å². The molecule has 4 nitrogen and oxygen atoms in total. The molecule has 0 aliphatic rings. The second-order valence-corrected chi connectivity index (χ2v) is 3.21. The predicted octanol–water partition coefficient (Wildman–Crippen LogP) is 1.73. The van der Waals surface area contributed by atoms with Crippen LogP contribution in [0.3, 0.4) is 0 Å². The van der Waals surface area contributed by atoms with Crippen LogP contribution >= 0.6 is 0 Å². The fourth-order valence-electron chi connectivity index (χ4n) is 1.19. The lowest BCUT2D eigenvalue weighted by Crippen LogP contribution is -1.83. The van der Waals surface area contributed by atoms with E-state index in [1.54, 1.807) is 6.20 Å². The number of aromatic amines is 2. The molecule has 0 aliphatic heterocycles. The van der Waals surface area contributed by atoms with Crippen molar-refractivity contribution < 1.29 is 0 Å². The SMILES string of the molecule is Cc1cnc(-c2nc(C)c(C)[nH]2)[nH]1. The van der Waals surface area contributed by atoms with E-state index in [2.05, 4.69) is 19.9 Å². The molecule has 0 unspecified atom stereocenters. The maximum Gasteiger partial charge on any atom is 0.174 e. The quantitative estimate of drug-likeness (QED) is 0.695. The zero-order chi connectivity index (χ0) is 9.42. The van der Waals surface area contributed by atoms with Crippen LogP contribution in [0.2, 0.25) is 0 Å². The lowest BCUT2D eigenvalue weighted by molar-refractivity contribution is 1.16. The van der Waals surface area contributed by atoms with Crippen LogP contribution in [0.25, 0.3) is 11.6 Å². The topological polar surface area (TPSA) is 57.4 Å². The van der Waals surface area contributed by atoms with Gasteiger partial charge in [0.1, 0.15) is 0 Å². The molecular weight excluding hydrogens is 164 g/mol. The van der Waals surface area contributed by atoms with Gasteiger partial charge >= 0.3 is 0 Å². The molecule has 2 rings (SSSR count). The highest BCUT2D eigenvalue weighted by Crippen LogP contribution is 2.13. The first-order valence-corrected chi connectivity index (χ1v) is 4.22. The van der Waals surface area contributed by atoms with E-state index in [1.807, 2.05) is 20.8 Å². The Kier molecular flexibility index (Phi) is 1.69. The average molecular weight is 176 g/mol. The summed E-state index contributed by atoms with van der Waals surface area (Å²) in [5, 5.41) is 0. The van der Waals surface area contributed by atoms with Gasteiger partial charge in [0.2, 0.25) is 0 Å². The van der Waals surface area contributed by atoms with Crippen LogP contribution in [0.1, 0.15) is 17.1 Å². The van der Waals surface area contributed by atoms with Crippen molar-refractivity contribution in [3.8, 4) is 11.6 Å². The van der Waals surface area contributed by atoms with Crippen molar-refractivity contribution in [3.05, 3.63) is 23.3 Å². The van der Waals surface area contributed by atoms with Gasteiger partial charge in [0.15, 0.2) is 11.6 Å². The summed E-state index contributed by atoms with van der Waals surface area (Å²) in [4.78, 5) is 14.8. The summed E-state index contributed by atoms with van der Waals surface area (Å²) in [5.41, 5.74) is 3.15. The van der Waals surface area contributed by atoms with Crippen LogP contribution in [0.5, 0.6) is 0 Å². The zero-order valence-corrected chi connectivity index (χ0v) is 7.97. The maximum atomic E-state index is 4.34. The minimum atomic E-state index is 0.800. The van der Waals surface area contributed by atoms with E-state index in [-0.39, 0.29) is 0 Å². The third-order valence-electron chi connectivity index (χ3n) is 2.06. The van der Waals surface area contributed by atoms with Crippen molar-refractivity contribution in [2.45, 2.75) is 20.8 Å². The summed E-state index contributed by atoms with van der Waals surface area (Å²) in [5.74, 6) is 1.61. The molecule has 0 fully saturated rings. The first-order chi connectivity index (χ1) is 6.16. The Hall–Kier alpha value is -1.58. The van der Waals surface area contributed by atoms with Gasteiger partial charge in [-0.15, -0.1) is 0 Å². The molecule has 2 heterocycles. The van der Waals surface area contributed by atoms with Crippen LogP contribution in [0.15, 0.2) is 6.20 Å². The van der Waals surface area contributed by atoms with E-state index < -0.39 is 0 Å². The average Bonchev–Trinajstić information content (AvgIpc) is 2.61. The van der Waals surface area contributed by atoms with Gasteiger partial charge in [-0.3, -0.25) is 0 Å². The molecule has 0 aliphatic carbocycles. The number of H-pyrrole nitrogens is 2. The first kappa shape index (κ1) is 8.04. The van der Waals surface area contributed by atoms with Crippen molar-refractivity contribution in [1.82, 2.24) is 19.9 Å². The molecule has 13 heavy (non-hydrogen) atoms. The van der Waals surface area contributed by atoms with Crippen LogP contribution < -0.4 is 0 Å². The van der Waals surface area contributed by atoms with E-state index in [1.165, 1.54) is 0 Å². The molecule has 0 atom stereocenters. The number of aromatic nitrogens is 4. The number of aryl methyl sites for hydroxylation is 3. The smallest absolute Gasteiger partial charge is 0.174 e. The van der Waals surface area contributed by atoms with Gasteiger partial charge in [0.05, 0.1) is 5.69 Å². The summed E-state index contributed by atoms with van der Waals surface area (Å²) in [6, 6.07) is 0. The van der Waals surface area contributed by atoms with E-state index in [0.29, 0.717) is 0 Å². The molecule has 0 aromatic carbocycles. The first-order valence-electron chi connectivity index (χ1n) is 4.22. The number of nitrogens with zero attached hydrogens (tertiary/aromatic N) is 2. The molecule has 0 radical (unpaired) electrons. The Morgan fingerprint density at radius 1 is 1.08 bits per heavy atom. The third kappa shape index (κ3) is 1.35. The van der Waals surface area contributed by atoms with Gasteiger partial charge < -0.3 is 9.97 Å². The number of imidazole rings is 2. The Balaban J connectivity index is 2.46. The van der Waals surface area contributed by atoms with Crippen molar-refractivity contribution >= 4 is 0 Å². The number of hydrogen-bond acceptors (Lipinski definition) is 2. The van der Waals surface area contributed by atoms with Crippen LogP contribution in [-0.4, -0.2) is 19.9 Å². The molecule has 4 heteroatoms. The van der Waals surface area contributed by atoms with E-state index in [0.717, 1.165) is 28.7 Å². The van der Waals surface area contributed by atoms with Crippen LogP contribution in [-0.2, 0) is 0 Å². The fourth-order valence-corrected chi connectivity index (χ4v) is 1.19. The highest BCUT2D eigenvalue weighted by Gasteiger charge is 2.07. The van der Waals surface area contributed by atoms with Gasteiger partial charge in [0.25, 0.3) is 0 Å². The molecule has 2 N–H and O–H groups in total. The molecule has 0 spiro atoms. The largest absolute Gasteiger partial charge is 0.340 e. The molecule has 0 amide bonds. The van der Waals surface area contributed by atoms with Crippen molar-refractivity contribution in [2.75, 3.05) is 0 Å². The van der Waals surface area contributed by atoms with Crippen molar-refractivity contribution in [2.24, 2.45) is 0 Å². The monoisotopic (exact) mass is 176 g/mol. The van der Waals surface area contributed by atoms with Gasteiger partial charge in [0, 0.05) is 17.6 Å². The number of rotatable bonds is 1. The summed E-state index contributed by atoms with van der Waals surface area (Å²) >= 11 is 0. The molecule has 2 aromatic heterocycles. The summed E-state index contributed by atoms with van der Waals surface area (Å²) in [6.45, 7) is 5.95. The molecule has 0 saturated heterocycles. The van der Waals surface area contributed by atoms with Crippen LogP contribution in [0.4, 0.5) is 0 Å². The lowest BCUT2D eigenvalue weighted by atomic mass is 10.4. The maximum absolute atomic E-state index is 4.34. The second-order valence-electron chi connectivity index (χ2n) is 3.21. The summed E-state index contributed by atoms with van der Waals surface area (Å²) in [7, 11) is 0. The summed E-state index contributed by atoms with van der Waals surface area (Å²) < 4.78 is 0. The van der Waals surface area contributed by atoms with Gasteiger partial charge in [-0.1, -0.05) is 0 Å². The van der Waals surface area contributed by atoms with Gasteiger partial charge in [-0.2, -0.15) is 0 Å². The standard InChI is InChI=1S/C9H12N4/c1-5-4-10-8(11-5)9-12-6(2)7(3)13-9/h4H,1-3H3,(H,10,11)(H,12,13). The molecular formula is C9H12N4. The minimum absolute atomic E-state index is 0.800. The Labute approximate surface area is 76.4 Å². The lowest BCUT2D eigenvalue weighted by Gasteiger charge is -1.87. The molecule has 0 bridgehead atoms. The zero-order valence-electron chi connectivity index (χ0n) is 7.97. The summed E-state index contributed by atoms with van der Waals surface area (Å²) in [6.07, 6.45) is 1.79. The van der Waals surface area contributed by atoms with Gasteiger partial charge in [-0.05, 0) is 20.8 Å². The normalized spacial score (nSPS) is 10.7. The van der Waals surface area contributed by atoms with Crippen LogP contribution in [0, 0.1) is 20.8 Å². The predicted molar refractivity (Wildman–Crippen MR) is 50.4 cm³/mol. The van der Waals surface area contributed by atoms with Gasteiger partial charge in [-0.25, -0.2) is 9.97 Å². The Morgan fingerprint density at radius 3 is 2.31 bits per heavy atom. The number of hydrogen-bond donors (Lipinski definition) is 2. The van der Waals surface area contributed by atoms with E-state index >= 15 is 0 Å². The molecule has 0 saturated carbocycles. The molecule has 68 valence electrons. The second kappa shape index (κ2) is 2.73. The Morgan fingerprint density at radius 2 is 1.85 bits per heavy atom. The third-order valence-corrected chi connectivity index (χ3v) is 2.06. The fraction of sp³-hybridized carbons (Fsp3) is 0.333. The number of nitrogens with one attached hydrogen (secondary N) is 2. The van der Waals surface area contributed by atoms with Crippen molar-refractivity contribution in [3.63, 3.8) is 0 Å². The Bertz CT molecular complexity index is 405. The highest BCUT2D eigenvalue weighted by atomic mass is 15.0.